The zero-order valence-electron chi connectivity index (χ0n) is 9.89. The summed E-state index contributed by atoms with van der Waals surface area (Å²) in [6.45, 7) is -0.986. The van der Waals surface area contributed by atoms with Crippen molar-refractivity contribution in [2.45, 2.75) is 12.6 Å². The number of hydrogen-bond acceptors (Lipinski definition) is 5. The Hall–Kier alpha value is -2.29. The van der Waals surface area contributed by atoms with E-state index < -0.39 is 17.6 Å². The van der Waals surface area contributed by atoms with Gasteiger partial charge in [0, 0.05) is 6.07 Å². The molecule has 0 aliphatic carbocycles. The first-order valence-electron chi connectivity index (χ1n) is 5.52. The molecule has 102 valence electrons. The number of aliphatic hydroxyl groups is 1. The predicted molar refractivity (Wildman–Crippen MR) is 62.3 cm³/mol. The highest BCUT2D eigenvalue weighted by Gasteiger charge is 2.16. The van der Waals surface area contributed by atoms with Crippen LogP contribution in [-0.2, 0) is 6.54 Å². The van der Waals surface area contributed by atoms with E-state index in [1.54, 1.807) is 12.3 Å². The third-order valence-corrected chi connectivity index (χ3v) is 2.65. The number of nitro groups is 1. The maximum Gasteiger partial charge on any atom is 0.323 e. The number of hydrogen-bond donors (Lipinski definition) is 1. The number of alkyl halides is 1. The minimum atomic E-state index is -0.777. The van der Waals surface area contributed by atoms with Crippen LogP contribution < -0.4 is 0 Å². The molecule has 8 nitrogen and oxygen atoms in total. The van der Waals surface area contributed by atoms with E-state index in [4.69, 9.17) is 5.11 Å². The summed E-state index contributed by atoms with van der Waals surface area (Å²) in [4.78, 5) is 10.2. The molecule has 1 atom stereocenters. The Balaban J connectivity index is 2.16. The van der Waals surface area contributed by atoms with Crippen molar-refractivity contribution in [3.8, 4) is 0 Å². The Bertz CT molecular complexity index is 563. The van der Waals surface area contributed by atoms with Crippen LogP contribution >= 0.6 is 0 Å². The zero-order valence-corrected chi connectivity index (χ0v) is 9.89. The van der Waals surface area contributed by atoms with Crippen molar-refractivity contribution in [3.63, 3.8) is 0 Å². The summed E-state index contributed by atoms with van der Waals surface area (Å²) >= 11 is 0. The molecule has 0 spiro atoms. The Morgan fingerprint density at radius 3 is 3.00 bits per heavy atom. The monoisotopic (exact) mass is 268 g/mol. The topological polar surface area (TPSA) is 99.0 Å². The van der Waals surface area contributed by atoms with E-state index >= 15 is 0 Å². The van der Waals surface area contributed by atoms with Crippen molar-refractivity contribution in [1.29, 1.82) is 0 Å². The molecular weight excluding hydrogens is 256 g/mol. The summed E-state index contributed by atoms with van der Waals surface area (Å²) in [5.41, 5.74) is 0.450. The third-order valence-electron chi connectivity index (χ3n) is 2.65. The highest BCUT2D eigenvalue weighted by atomic mass is 18.2. The van der Waals surface area contributed by atoms with E-state index in [9.17, 15) is 14.5 Å². The zero-order chi connectivity index (χ0) is 13.8. The number of rotatable bonds is 6. The Morgan fingerprint density at radius 1 is 1.58 bits per heavy atom. The number of aromatic nitrogens is 4. The fraction of sp³-hybridized carbons (Fsp3) is 0.400. The van der Waals surface area contributed by atoms with Gasteiger partial charge in [-0.15, -0.1) is 5.10 Å². The van der Waals surface area contributed by atoms with Crippen LogP contribution in [-0.4, -0.2) is 42.9 Å². The lowest BCUT2D eigenvalue weighted by atomic mass is 10.3. The average Bonchev–Trinajstić information content (AvgIpc) is 3.01. The van der Waals surface area contributed by atoms with Crippen molar-refractivity contribution >= 4 is 5.82 Å². The molecule has 0 saturated heterocycles. The fourth-order valence-electron chi connectivity index (χ4n) is 1.65. The van der Waals surface area contributed by atoms with Crippen molar-refractivity contribution < 1.29 is 14.4 Å². The molecule has 0 aliphatic heterocycles. The van der Waals surface area contributed by atoms with E-state index in [1.165, 1.54) is 21.5 Å². The molecule has 0 radical (unpaired) electrons. The lowest BCUT2D eigenvalue weighted by Crippen LogP contribution is -2.15. The van der Waals surface area contributed by atoms with Gasteiger partial charge in [0.15, 0.2) is 0 Å². The summed E-state index contributed by atoms with van der Waals surface area (Å²) in [7, 11) is 0. The molecule has 0 aliphatic rings. The quantitative estimate of drug-likeness (QED) is 0.609. The summed E-state index contributed by atoms with van der Waals surface area (Å²) in [5.74, 6) is -0.0567. The summed E-state index contributed by atoms with van der Waals surface area (Å²) in [6.07, 6.45) is 3.01. The van der Waals surface area contributed by atoms with Gasteiger partial charge < -0.3 is 15.2 Å². The molecule has 0 aromatic carbocycles. The van der Waals surface area contributed by atoms with Crippen LogP contribution in [0.15, 0.2) is 24.5 Å². The SMILES string of the molecule is O=[N+]([O-])c1cccn1Cc1cn(C(CO)C[18F])nn1. The molecule has 2 aromatic heterocycles. The Kier molecular flexibility index (Phi) is 3.85. The summed E-state index contributed by atoms with van der Waals surface area (Å²) in [5, 5.41) is 27.2. The van der Waals surface area contributed by atoms with E-state index in [0.29, 0.717) is 5.69 Å². The van der Waals surface area contributed by atoms with E-state index in [1.807, 2.05) is 0 Å². The predicted octanol–water partition coefficient (Wildman–Crippen LogP) is 0.539. The summed E-state index contributed by atoms with van der Waals surface area (Å²) in [6, 6.07) is 2.16. The molecule has 0 amide bonds. The molecule has 1 unspecified atom stereocenters. The standard InChI is InChI=1S/C10H12FN5O3/c11-4-9(7-17)15-6-8(12-13-15)5-14-3-1-2-10(14)16(18)19/h1-3,6,9,17H,4-5,7H2/i11-1. The van der Waals surface area contributed by atoms with Gasteiger partial charge in [-0.25, -0.2) is 13.6 Å². The van der Waals surface area contributed by atoms with E-state index in [-0.39, 0.29) is 19.0 Å². The van der Waals surface area contributed by atoms with Crippen LogP contribution in [0.2, 0.25) is 0 Å². The van der Waals surface area contributed by atoms with Gasteiger partial charge in [0.2, 0.25) is 0 Å². The third kappa shape index (κ3) is 2.76. The van der Waals surface area contributed by atoms with Crippen LogP contribution in [0.3, 0.4) is 0 Å². The van der Waals surface area contributed by atoms with Gasteiger partial charge in [0.1, 0.15) is 25.0 Å². The molecule has 9 heteroatoms. The Labute approximate surface area is 107 Å². The van der Waals surface area contributed by atoms with Crippen LogP contribution in [0, 0.1) is 10.1 Å². The smallest absolute Gasteiger partial charge is 0.323 e. The molecule has 1 N–H and O–H groups in total. The van der Waals surface area contributed by atoms with Crippen LogP contribution in [0.1, 0.15) is 11.7 Å². The van der Waals surface area contributed by atoms with Gasteiger partial charge in [-0.2, -0.15) is 0 Å². The first kappa shape index (κ1) is 13.1. The lowest BCUT2D eigenvalue weighted by Gasteiger charge is -2.07. The van der Waals surface area contributed by atoms with Crippen LogP contribution in [0.25, 0.3) is 0 Å². The maximum absolute atomic E-state index is 12.6. The molecule has 2 aromatic rings. The normalized spacial score (nSPS) is 12.5. The molecule has 0 bridgehead atoms. The minimum absolute atomic E-state index is 0.0567. The van der Waals surface area contributed by atoms with Crippen molar-refractivity contribution in [3.05, 3.63) is 40.3 Å². The highest BCUT2D eigenvalue weighted by Crippen LogP contribution is 2.14. The first-order valence-corrected chi connectivity index (χ1v) is 5.52. The molecule has 2 rings (SSSR count). The van der Waals surface area contributed by atoms with Crippen LogP contribution in [0.4, 0.5) is 10.2 Å². The van der Waals surface area contributed by atoms with Crippen molar-refractivity contribution in [1.82, 2.24) is 19.6 Å². The fourth-order valence-corrected chi connectivity index (χ4v) is 1.65. The largest absolute Gasteiger partial charge is 0.394 e. The molecule has 19 heavy (non-hydrogen) atoms. The lowest BCUT2D eigenvalue weighted by molar-refractivity contribution is -0.391. The second-order valence-corrected chi connectivity index (χ2v) is 3.93. The van der Waals surface area contributed by atoms with Crippen molar-refractivity contribution in [2.75, 3.05) is 13.3 Å². The molecule has 0 saturated carbocycles. The number of nitrogens with zero attached hydrogens (tertiary/aromatic N) is 5. The highest BCUT2D eigenvalue weighted by molar-refractivity contribution is 5.22. The van der Waals surface area contributed by atoms with Gasteiger partial charge in [0.05, 0.1) is 19.0 Å². The minimum Gasteiger partial charge on any atom is -0.394 e. The van der Waals surface area contributed by atoms with Crippen LogP contribution in [0.5, 0.6) is 0 Å². The van der Waals surface area contributed by atoms with Gasteiger partial charge >= 0.3 is 5.82 Å². The molecule has 0 fully saturated rings. The van der Waals surface area contributed by atoms with Gasteiger partial charge in [-0.1, -0.05) is 5.21 Å². The van der Waals surface area contributed by atoms with Gasteiger partial charge in [0.25, 0.3) is 0 Å². The molecular formula is C10H12FN5O3. The second kappa shape index (κ2) is 5.57. The number of aliphatic hydroxyl groups excluding tert-OH is 1. The molecule has 2 heterocycles. The van der Waals surface area contributed by atoms with Gasteiger partial charge in [-0.3, -0.25) is 0 Å². The maximum atomic E-state index is 12.6. The first-order chi connectivity index (χ1) is 9.15. The van der Waals surface area contributed by atoms with Gasteiger partial charge in [-0.05, 0) is 11.0 Å². The second-order valence-electron chi connectivity index (χ2n) is 3.93. The van der Waals surface area contributed by atoms with E-state index in [0.717, 1.165) is 0 Å². The van der Waals surface area contributed by atoms with E-state index in [2.05, 4.69) is 10.3 Å². The van der Waals surface area contributed by atoms with Crippen molar-refractivity contribution in [2.24, 2.45) is 0 Å². The summed E-state index contributed by atoms with van der Waals surface area (Å²) < 4.78 is 15.2. The number of halogens is 1. The Morgan fingerprint density at radius 2 is 2.37 bits per heavy atom. The average molecular weight is 268 g/mol.